The Hall–Kier alpha value is -0.810. The number of nitrogens with zero attached hydrogens (tertiary/aromatic N) is 1. The minimum atomic E-state index is 0.621. The van der Waals surface area contributed by atoms with E-state index in [4.69, 9.17) is 0 Å². The second kappa shape index (κ2) is 5.01. The lowest BCUT2D eigenvalue weighted by atomic mass is 10.2. The normalized spacial score (nSPS) is 11.0. The lowest BCUT2D eigenvalue weighted by Crippen LogP contribution is -2.07. The van der Waals surface area contributed by atoms with Crippen molar-refractivity contribution in [2.75, 3.05) is 11.9 Å². The van der Waals surface area contributed by atoms with Crippen LogP contribution in [0.4, 0.5) is 5.82 Å². The fourth-order valence-corrected chi connectivity index (χ4v) is 2.66. The van der Waals surface area contributed by atoms with Crippen LogP contribution < -0.4 is 5.32 Å². The molecule has 0 bridgehead atoms. The predicted octanol–water partition coefficient (Wildman–Crippen LogP) is 3.97. The Labute approximate surface area is 107 Å². The molecule has 0 atom stereocenters. The van der Waals surface area contributed by atoms with Gasteiger partial charge in [0, 0.05) is 12.6 Å². The van der Waals surface area contributed by atoms with Crippen molar-refractivity contribution in [1.29, 1.82) is 0 Å². The van der Waals surface area contributed by atoms with Gasteiger partial charge in [0.1, 0.15) is 5.82 Å². The molecule has 0 aliphatic carbocycles. The third kappa shape index (κ3) is 2.86. The first-order chi connectivity index (χ1) is 7.65. The molecule has 16 heavy (non-hydrogen) atoms. The Balaban J connectivity index is 2.07. The van der Waals surface area contributed by atoms with E-state index in [0.717, 1.165) is 21.8 Å². The number of thiophene rings is 1. The Morgan fingerprint density at radius 1 is 1.50 bits per heavy atom. The molecular formula is C11H14BrN3S. The summed E-state index contributed by atoms with van der Waals surface area (Å²) in [4.78, 5) is 1.19. The minimum Gasteiger partial charge on any atom is -0.368 e. The van der Waals surface area contributed by atoms with Crippen LogP contribution in [-0.2, 0) is 0 Å². The number of aromatic nitrogens is 2. The molecule has 2 heterocycles. The van der Waals surface area contributed by atoms with Gasteiger partial charge >= 0.3 is 0 Å². The van der Waals surface area contributed by atoms with Gasteiger partial charge in [-0.25, -0.2) is 0 Å². The van der Waals surface area contributed by atoms with Crippen LogP contribution in [0.2, 0.25) is 0 Å². The molecule has 0 unspecified atom stereocenters. The number of hydrogen-bond donors (Lipinski definition) is 2. The molecule has 0 spiro atoms. The van der Waals surface area contributed by atoms with E-state index in [-0.39, 0.29) is 0 Å². The summed E-state index contributed by atoms with van der Waals surface area (Å²) in [5, 5.41) is 10.6. The van der Waals surface area contributed by atoms with Crippen LogP contribution in [0.15, 0.2) is 22.0 Å². The third-order valence-electron chi connectivity index (χ3n) is 2.11. The van der Waals surface area contributed by atoms with Gasteiger partial charge in [0.15, 0.2) is 0 Å². The topological polar surface area (TPSA) is 40.7 Å². The standard InChI is InChI=1S/C11H14BrN3S/c1-7(2)6-13-11-5-8(14-15-11)9-3-4-10(12)16-9/h3-5,7H,6H2,1-2H3,(H2,13,14,15). The first-order valence-electron chi connectivity index (χ1n) is 5.20. The van der Waals surface area contributed by atoms with E-state index in [9.17, 15) is 0 Å². The van der Waals surface area contributed by atoms with Gasteiger partial charge in [0.05, 0.1) is 14.4 Å². The summed E-state index contributed by atoms with van der Waals surface area (Å²) >= 11 is 5.15. The predicted molar refractivity (Wildman–Crippen MR) is 72.9 cm³/mol. The monoisotopic (exact) mass is 299 g/mol. The van der Waals surface area contributed by atoms with E-state index < -0.39 is 0 Å². The van der Waals surface area contributed by atoms with Crippen molar-refractivity contribution in [1.82, 2.24) is 10.2 Å². The van der Waals surface area contributed by atoms with Gasteiger partial charge in [-0.05, 0) is 34.0 Å². The fraction of sp³-hybridized carbons (Fsp3) is 0.364. The van der Waals surface area contributed by atoms with E-state index >= 15 is 0 Å². The summed E-state index contributed by atoms with van der Waals surface area (Å²) in [5.74, 6) is 1.53. The van der Waals surface area contributed by atoms with E-state index in [1.807, 2.05) is 12.1 Å². The van der Waals surface area contributed by atoms with Crippen LogP contribution in [0.1, 0.15) is 13.8 Å². The van der Waals surface area contributed by atoms with Crippen LogP contribution >= 0.6 is 27.3 Å². The molecule has 0 amide bonds. The van der Waals surface area contributed by atoms with E-state index in [1.54, 1.807) is 11.3 Å². The first kappa shape index (κ1) is 11.7. The van der Waals surface area contributed by atoms with Gasteiger partial charge in [-0.3, -0.25) is 5.10 Å². The van der Waals surface area contributed by atoms with Crippen LogP contribution in [-0.4, -0.2) is 16.7 Å². The number of nitrogens with one attached hydrogen (secondary N) is 2. The Kier molecular flexibility index (Phi) is 3.66. The highest BCUT2D eigenvalue weighted by Gasteiger charge is 2.05. The molecule has 5 heteroatoms. The highest BCUT2D eigenvalue weighted by Crippen LogP contribution is 2.30. The van der Waals surface area contributed by atoms with Crippen molar-refractivity contribution in [3.63, 3.8) is 0 Å². The van der Waals surface area contributed by atoms with E-state index in [1.165, 1.54) is 4.88 Å². The second-order valence-electron chi connectivity index (χ2n) is 4.05. The quantitative estimate of drug-likeness (QED) is 0.897. The number of rotatable bonds is 4. The second-order valence-corrected chi connectivity index (χ2v) is 6.51. The number of aromatic amines is 1. The maximum Gasteiger partial charge on any atom is 0.148 e. The van der Waals surface area contributed by atoms with Crippen LogP contribution in [0.3, 0.4) is 0 Å². The SMILES string of the molecule is CC(C)CNc1cc(-c2ccc(Br)s2)[nH]n1. The third-order valence-corrected chi connectivity index (χ3v) is 3.76. The molecule has 0 fully saturated rings. The Bertz CT molecular complexity index is 461. The van der Waals surface area contributed by atoms with Crippen molar-refractivity contribution < 1.29 is 0 Å². The number of halogens is 1. The summed E-state index contributed by atoms with van der Waals surface area (Å²) in [6, 6.07) is 6.16. The zero-order valence-electron chi connectivity index (χ0n) is 9.25. The van der Waals surface area contributed by atoms with Crippen molar-refractivity contribution in [2.24, 2.45) is 5.92 Å². The van der Waals surface area contributed by atoms with Crippen molar-refractivity contribution in [3.05, 3.63) is 22.0 Å². The molecule has 0 aliphatic heterocycles. The molecule has 3 nitrogen and oxygen atoms in total. The molecule has 0 radical (unpaired) electrons. The highest BCUT2D eigenvalue weighted by molar-refractivity contribution is 9.11. The fourth-order valence-electron chi connectivity index (χ4n) is 1.31. The van der Waals surface area contributed by atoms with Crippen LogP contribution in [0.5, 0.6) is 0 Å². The molecule has 2 rings (SSSR count). The first-order valence-corrected chi connectivity index (χ1v) is 6.81. The molecule has 2 aromatic rings. The zero-order chi connectivity index (χ0) is 11.5. The molecular weight excluding hydrogens is 286 g/mol. The molecule has 0 saturated heterocycles. The Morgan fingerprint density at radius 3 is 2.94 bits per heavy atom. The summed E-state index contributed by atoms with van der Waals surface area (Å²) in [7, 11) is 0. The summed E-state index contributed by atoms with van der Waals surface area (Å²) in [6.45, 7) is 5.30. The van der Waals surface area contributed by atoms with Gasteiger partial charge in [0.2, 0.25) is 0 Å². The average molecular weight is 300 g/mol. The summed E-state index contributed by atoms with van der Waals surface area (Å²) < 4.78 is 1.13. The van der Waals surface area contributed by atoms with Gasteiger partial charge in [-0.15, -0.1) is 11.3 Å². The lowest BCUT2D eigenvalue weighted by molar-refractivity contribution is 0.687. The number of anilines is 1. The smallest absolute Gasteiger partial charge is 0.148 e. The van der Waals surface area contributed by atoms with Crippen molar-refractivity contribution >= 4 is 33.1 Å². The maximum absolute atomic E-state index is 4.23. The maximum atomic E-state index is 4.23. The summed E-state index contributed by atoms with van der Waals surface area (Å²) in [5.41, 5.74) is 1.06. The summed E-state index contributed by atoms with van der Waals surface area (Å²) in [6.07, 6.45) is 0. The average Bonchev–Trinajstić information content (AvgIpc) is 2.83. The number of hydrogen-bond acceptors (Lipinski definition) is 3. The molecule has 86 valence electrons. The number of H-pyrrole nitrogens is 1. The highest BCUT2D eigenvalue weighted by atomic mass is 79.9. The molecule has 0 saturated carbocycles. The van der Waals surface area contributed by atoms with Gasteiger partial charge < -0.3 is 5.32 Å². The van der Waals surface area contributed by atoms with Crippen LogP contribution in [0.25, 0.3) is 10.6 Å². The largest absolute Gasteiger partial charge is 0.368 e. The van der Waals surface area contributed by atoms with Crippen molar-refractivity contribution in [2.45, 2.75) is 13.8 Å². The minimum absolute atomic E-state index is 0.621. The van der Waals surface area contributed by atoms with E-state index in [2.05, 4.69) is 51.4 Å². The lowest BCUT2D eigenvalue weighted by Gasteiger charge is -2.04. The van der Waals surface area contributed by atoms with Gasteiger partial charge in [-0.2, -0.15) is 5.10 Å². The molecule has 0 aromatic carbocycles. The van der Waals surface area contributed by atoms with Crippen LogP contribution in [0, 0.1) is 5.92 Å². The van der Waals surface area contributed by atoms with E-state index in [0.29, 0.717) is 5.92 Å². The Morgan fingerprint density at radius 2 is 2.31 bits per heavy atom. The molecule has 0 aliphatic rings. The molecule has 2 N–H and O–H groups in total. The van der Waals surface area contributed by atoms with Gasteiger partial charge in [-0.1, -0.05) is 13.8 Å². The van der Waals surface area contributed by atoms with Gasteiger partial charge in [0.25, 0.3) is 0 Å². The zero-order valence-corrected chi connectivity index (χ0v) is 11.7. The molecule has 2 aromatic heterocycles. The van der Waals surface area contributed by atoms with Crippen molar-refractivity contribution in [3.8, 4) is 10.6 Å².